The van der Waals surface area contributed by atoms with E-state index in [0.29, 0.717) is 17.9 Å². The molecule has 134 valence electrons. The van der Waals surface area contributed by atoms with Crippen LogP contribution in [0.15, 0.2) is 42.5 Å². The molecule has 0 unspecified atom stereocenters. The third-order valence-corrected chi connectivity index (χ3v) is 4.52. The van der Waals surface area contributed by atoms with Crippen LogP contribution in [0.25, 0.3) is 10.2 Å². The summed E-state index contributed by atoms with van der Waals surface area (Å²) in [4.78, 5) is 28.0. The first kappa shape index (κ1) is 18.0. The number of halogens is 1. The van der Waals surface area contributed by atoms with Gasteiger partial charge in [0.15, 0.2) is 5.78 Å². The maximum absolute atomic E-state index is 12.9. The Hall–Kier alpha value is -2.80. The number of thiazole rings is 1. The minimum atomic E-state index is -0.453. The van der Waals surface area contributed by atoms with E-state index >= 15 is 0 Å². The van der Waals surface area contributed by atoms with Crippen LogP contribution in [0.3, 0.4) is 0 Å². The van der Waals surface area contributed by atoms with Crippen molar-refractivity contribution in [1.82, 2.24) is 4.98 Å². The average Bonchev–Trinajstić information content (AvgIpc) is 3.05. The third kappa shape index (κ3) is 4.43. The van der Waals surface area contributed by atoms with Gasteiger partial charge in [0.2, 0.25) is 5.01 Å². The predicted octanol–water partition coefficient (Wildman–Crippen LogP) is 3.80. The normalized spacial score (nSPS) is 10.7. The van der Waals surface area contributed by atoms with Crippen molar-refractivity contribution in [1.29, 1.82) is 0 Å². The van der Waals surface area contributed by atoms with E-state index in [2.05, 4.69) is 4.98 Å². The van der Waals surface area contributed by atoms with Gasteiger partial charge in [-0.25, -0.2) is 14.2 Å². The van der Waals surface area contributed by atoms with Crippen molar-refractivity contribution in [3.05, 3.63) is 58.9 Å². The molecule has 0 saturated heterocycles. The molecule has 0 aliphatic heterocycles. The van der Waals surface area contributed by atoms with E-state index in [1.54, 1.807) is 37.3 Å². The molecule has 0 fully saturated rings. The van der Waals surface area contributed by atoms with Gasteiger partial charge in [-0.2, -0.15) is 0 Å². The number of benzene rings is 2. The molecular weight excluding hydrogens is 357 g/mol. The zero-order chi connectivity index (χ0) is 18.5. The maximum atomic E-state index is 12.9. The molecule has 0 aliphatic rings. The Morgan fingerprint density at radius 1 is 1.15 bits per heavy atom. The number of ether oxygens (including phenoxy) is 2. The van der Waals surface area contributed by atoms with E-state index in [4.69, 9.17) is 9.47 Å². The number of carbonyl (C=O) groups excluding carboxylic acids is 2. The second-order valence-corrected chi connectivity index (χ2v) is 6.53. The van der Waals surface area contributed by atoms with E-state index in [-0.39, 0.29) is 29.6 Å². The summed E-state index contributed by atoms with van der Waals surface area (Å²) in [6.45, 7) is 1.94. The molecule has 1 aromatic heterocycles. The number of ketones is 1. The summed E-state index contributed by atoms with van der Waals surface area (Å²) in [6, 6.07) is 11.0. The Morgan fingerprint density at radius 3 is 2.65 bits per heavy atom. The summed E-state index contributed by atoms with van der Waals surface area (Å²) in [6.07, 6.45) is 0.177. The fraction of sp³-hybridized carbons (Fsp3) is 0.211. The highest BCUT2D eigenvalue weighted by Gasteiger charge is 2.14. The molecule has 2 aromatic carbocycles. The van der Waals surface area contributed by atoms with Crippen molar-refractivity contribution in [3.8, 4) is 5.75 Å². The summed E-state index contributed by atoms with van der Waals surface area (Å²) < 4.78 is 24.1. The van der Waals surface area contributed by atoms with Gasteiger partial charge in [0, 0.05) is 6.42 Å². The zero-order valence-electron chi connectivity index (χ0n) is 14.0. The van der Waals surface area contributed by atoms with E-state index < -0.39 is 5.97 Å². The average molecular weight is 373 g/mol. The highest BCUT2D eigenvalue weighted by atomic mass is 32.1. The van der Waals surface area contributed by atoms with Crippen LogP contribution in [0, 0.1) is 5.82 Å². The molecule has 0 bridgehead atoms. The summed E-state index contributed by atoms with van der Waals surface area (Å²) >= 11 is 1.21. The van der Waals surface area contributed by atoms with Gasteiger partial charge in [0.1, 0.15) is 18.2 Å². The third-order valence-electron chi connectivity index (χ3n) is 3.52. The standard InChI is InChI=1S/C19H16FNO4S/c1-2-24-19(23)18-21-16-8-7-15(10-17(16)26-18)25-11-14(22)9-12-3-5-13(20)6-4-12/h3-8,10H,2,9,11H2,1H3. The molecule has 0 atom stereocenters. The van der Waals surface area contributed by atoms with Gasteiger partial charge >= 0.3 is 5.97 Å². The van der Waals surface area contributed by atoms with Crippen LogP contribution >= 0.6 is 11.3 Å². The van der Waals surface area contributed by atoms with Gasteiger partial charge in [-0.05, 0) is 42.8 Å². The van der Waals surface area contributed by atoms with Gasteiger partial charge in [0.05, 0.1) is 16.8 Å². The van der Waals surface area contributed by atoms with E-state index in [0.717, 1.165) is 10.3 Å². The Morgan fingerprint density at radius 2 is 1.92 bits per heavy atom. The second-order valence-electron chi connectivity index (χ2n) is 5.50. The zero-order valence-corrected chi connectivity index (χ0v) is 14.8. The lowest BCUT2D eigenvalue weighted by Gasteiger charge is -2.05. The monoisotopic (exact) mass is 373 g/mol. The number of Topliss-reactive ketones (excluding diaryl/α,β-unsaturated/α-hetero) is 1. The molecule has 0 spiro atoms. The predicted molar refractivity (Wildman–Crippen MR) is 96.2 cm³/mol. The summed E-state index contributed by atoms with van der Waals surface area (Å²) in [5.74, 6) is -0.389. The maximum Gasteiger partial charge on any atom is 0.367 e. The highest BCUT2D eigenvalue weighted by Crippen LogP contribution is 2.27. The van der Waals surface area contributed by atoms with Crippen molar-refractivity contribution in [2.24, 2.45) is 0 Å². The lowest BCUT2D eigenvalue weighted by atomic mass is 10.1. The van der Waals surface area contributed by atoms with Crippen LogP contribution in [-0.4, -0.2) is 30.0 Å². The van der Waals surface area contributed by atoms with Crippen LogP contribution in [0.1, 0.15) is 22.3 Å². The van der Waals surface area contributed by atoms with Gasteiger partial charge in [0.25, 0.3) is 0 Å². The second kappa shape index (κ2) is 8.05. The molecule has 0 aliphatic carbocycles. The molecule has 0 amide bonds. The lowest BCUT2D eigenvalue weighted by molar-refractivity contribution is -0.120. The first-order valence-corrected chi connectivity index (χ1v) is 8.83. The largest absolute Gasteiger partial charge is 0.486 e. The van der Waals surface area contributed by atoms with Gasteiger partial charge < -0.3 is 9.47 Å². The van der Waals surface area contributed by atoms with Gasteiger partial charge in [-0.3, -0.25) is 4.79 Å². The Bertz CT molecular complexity index is 936. The topological polar surface area (TPSA) is 65.5 Å². The fourth-order valence-electron chi connectivity index (χ4n) is 2.32. The first-order valence-electron chi connectivity index (χ1n) is 8.02. The number of esters is 1. The highest BCUT2D eigenvalue weighted by molar-refractivity contribution is 7.20. The van der Waals surface area contributed by atoms with Crippen LogP contribution < -0.4 is 4.74 Å². The summed E-state index contributed by atoms with van der Waals surface area (Å²) in [5.41, 5.74) is 1.40. The number of rotatable bonds is 7. The molecule has 3 rings (SSSR count). The van der Waals surface area contributed by atoms with Crippen molar-refractivity contribution in [2.75, 3.05) is 13.2 Å². The summed E-state index contributed by atoms with van der Waals surface area (Å²) in [5, 5.41) is 0.284. The Labute approximate surface area is 153 Å². The Kier molecular flexibility index (Phi) is 5.58. The lowest BCUT2D eigenvalue weighted by Crippen LogP contribution is -2.13. The summed E-state index contributed by atoms with van der Waals surface area (Å²) in [7, 11) is 0. The number of fused-ring (bicyclic) bond motifs is 1. The van der Waals surface area contributed by atoms with E-state index in [9.17, 15) is 14.0 Å². The van der Waals surface area contributed by atoms with Gasteiger partial charge in [-0.1, -0.05) is 12.1 Å². The SMILES string of the molecule is CCOC(=O)c1nc2ccc(OCC(=O)Cc3ccc(F)cc3)cc2s1. The molecule has 0 N–H and O–H groups in total. The first-order chi connectivity index (χ1) is 12.5. The number of aromatic nitrogens is 1. The number of carbonyl (C=O) groups is 2. The van der Waals surface area contributed by atoms with Crippen molar-refractivity contribution >= 4 is 33.3 Å². The molecule has 1 heterocycles. The van der Waals surface area contributed by atoms with Crippen LogP contribution in [-0.2, 0) is 16.0 Å². The van der Waals surface area contributed by atoms with E-state index in [1.165, 1.54) is 23.5 Å². The van der Waals surface area contributed by atoms with Crippen molar-refractivity contribution in [2.45, 2.75) is 13.3 Å². The smallest absolute Gasteiger partial charge is 0.367 e. The Balaban J connectivity index is 1.62. The molecule has 26 heavy (non-hydrogen) atoms. The fourth-order valence-corrected chi connectivity index (χ4v) is 3.21. The minimum absolute atomic E-state index is 0.0909. The molecule has 5 nitrogen and oxygen atoms in total. The van der Waals surface area contributed by atoms with Crippen LogP contribution in [0.2, 0.25) is 0 Å². The molecule has 0 radical (unpaired) electrons. The number of hydrogen-bond donors (Lipinski definition) is 0. The van der Waals surface area contributed by atoms with Gasteiger partial charge in [-0.15, -0.1) is 11.3 Å². The van der Waals surface area contributed by atoms with Crippen molar-refractivity contribution < 1.29 is 23.5 Å². The number of hydrogen-bond acceptors (Lipinski definition) is 6. The number of nitrogens with zero attached hydrogens (tertiary/aromatic N) is 1. The van der Waals surface area contributed by atoms with E-state index in [1.807, 2.05) is 0 Å². The minimum Gasteiger partial charge on any atom is -0.486 e. The molecule has 3 aromatic rings. The molecule has 7 heteroatoms. The molecular formula is C19H16FNO4S. The van der Waals surface area contributed by atoms with Crippen LogP contribution in [0.4, 0.5) is 4.39 Å². The quantitative estimate of drug-likeness (QED) is 0.590. The molecule has 0 saturated carbocycles. The van der Waals surface area contributed by atoms with Crippen LogP contribution in [0.5, 0.6) is 5.75 Å². The van der Waals surface area contributed by atoms with Crippen molar-refractivity contribution in [3.63, 3.8) is 0 Å².